The topological polar surface area (TPSA) is 116 Å². The van der Waals surface area contributed by atoms with E-state index in [9.17, 15) is 15.2 Å². The quantitative estimate of drug-likeness (QED) is 0.518. The summed E-state index contributed by atoms with van der Waals surface area (Å²) in [5, 5.41) is 28.8. The van der Waals surface area contributed by atoms with Gasteiger partial charge >= 0.3 is 0 Å². The number of hydrogen-bond donors (Lipinski definition) is 2. The van der Waals surface area contributed by atoms with Crippen LogP contribution in [0, 0.1) is 29.1 Å². The minimum Gasteiger partial charge on any atom is -0.508 e. The standard InChI is InChI=1S/C23H21N5O2S2/c1-4-9-31-22-27-26-21(32-22)28-16-10-23(2,3)11-17(30)19(16)18(15(12-24)20(28)25)13-5-7-14(29)8-6-13/h1,5-8,18,29H,9-11,25H2,2-3H3. The molecule has 162 valence electrons. The number of nitrogens with zero attached hydrogens (tertiary/aromatic N) is 4. The lowest BCUT2D eigenvalue weighted by Crippen LogP contribution is -2.42. The van der Waals surface area contributed by atoms with Crippen molar-refractivity contribution in [2.45, 2.75) is 36.9 Å². The van der Waals surface area contributed by atoms with Gasteiger partial charge in [0.15, 0.2) is 10.1 Å². The van der Waals surface area contributed by atoms with E-state index in [0.29, 0.717) is 33.6 Å². The molecule has 3 N–H and O–H groups in total. The van der Waals surface area contributed by atoms with Gasteiger partial charge < -0.3 is 10.8 Å². The number of anilines is 1. The van der Waals surface area contributed by atoms with Crippen molar-refractivity contribution in [1.82, 2.24) is 10.2 Å². The molecule has 0 bridgehead atoms. The van der Waals surface area contributed by atoms with Gasteiger partial charge in [0.05, 0.1) is 23.3 Å². The predicted octanol–water partition coefficient (Wildman–Crippen LogP) is 3.91. The van der Waals surface area contributed by atoms with Crippen LogP contribution in [0.15, 0.2) is 51.3 Å². The fraction of sp³-hybridized carbons (Fsp3) is 0.304. The van der Waals surface area contributed by atoms with Crippen LogP contribution in [-0.4, -0.2) is 26.8 Å². The number of carbonyl (C=O) groups excluding carboxylic acids is 1. The van der Waals surface area contributed by atoms with Crippen molar-refractivity contribution in [3.05, 3.63) is 52.5 Å². The van der Waals surface area contributed by atoms with Crippen LogP contribution in [0.3, 0.4) is 0 Å². The highest BCUT2D eigenvalue weighted by atomic mass is 32.2. The molecule has 1 aliphatic heterocycles. The number of ketones is 1. The highest BCUT2D eigenvalue weighted by molar-refractivity contribution is 8.01. The monoisotopic (exact) mass is 463 g/mol. The zero-order valence-corrected chi connectivity index (χ0v) is 19.3. The fourth-order valence-electron chi connectivity index (χ4n) is 4.18. The van der Waals surface area contributed by atoms with Gasteiger partial charge in [0.25, 0.3) is 0 Å². The molecule has 2 aromatic rings. The van der Waals surface area contributed by atoms with Gasteiger partial charge in [0.2, 0.25) is 5.13 Å². The van der Waals surface area contributed by atoms with Crippen LogP contribution in [0.25, 0.3) is 0 Å². The van der Waals surface area contributed by atoms with E-state index in [4.69, 9.17) is 12.2 Å². The first-order valence-electron chi connectivity index (χ1n) is 9.90. The molecule has 0 spiro atoms. The third-order valence-corrected chi connectivity index (χ3v) is 7.42. The Hall–Kier alpha value is -3.27. The summed E-state index contributed by atoms with van der Waals surface area (Å²) in [6, 6.07) is 8.75. The molecule has 1 atom stereocenters. The third kappa shape index (κ3) is 3.86. The molecule has 0 fully saturated rings. The minimum absolute atomic E-state index is 0.0222. The smallest absolute Gasteiger partial charge is 0.219 e. The van der Waals surface area contributed by atoms with Crippen LogP contribution in [-0.2, 0) is 4.79 Å². The highest BCUT2D eigenvalue weighted by Gasteiger charge is 2.45. The number of allylic oxidation sites excluding steroid dienone is 3. The Bertz CT molecular complexity index is 1230. The molecule has 1 aromatic carbocycles. The third-order valence-electron chi connectivity index (χ3n) is 5.47. The molecule has 4 rings (SSSR count). The summed E-state index contributed by atoms with van der Waals surface area (Å²) in [7, 11) is 0. The number of benzene rings is 1. The van der Waals surface area contributed by atoms with Gasteiger partial charge in [0.1, 0.15) is 11.6 Å². The van der Waals surface area contributed by atoms with Gasteiger partial charge in [-0.3, -0.25) is 9.69 Å². The number of phenolic OH excluding ortho intramolecular Hbond substituents is 1. The number of carbonyl (C=O) groups is 1. The molecule has 0 amide bonds. The molecule has 2 aliphatic rings. The Morgan fingerprint density at radius 1 is 1.34 bits per heavy atom. The maximum absolute atomic E-state index is 13.4. The number of nitrogens with two attached hydrogens (primary N) is 1. The van der Waals surface area contributed by atoms with E-state index in [1.54, 1.807) is 29.2 Å². The SMILES string of the molecule is C#CCSc1nnc(N2C(N)=C(C#N)C(c3ccc(O)cc3)C3=C2CC(C)(C)CC3=O)s1. The van der Waals surface area contributed by atoms with E-state index < -0.39 is 5.92 Å². The van der Waals surface area contributed by atoms with Gasteiger partial charge in [-0.15, -0.1) is 16.6 Å². The van der Waals surface area contributed by atoms with E-state index in [1.165, 1.54) is 23.1 Å². The van der Waals surface area contributed by atoms with Crippen LogP contribution >= 0.6 is 23.1 Å². The number of nitriles is 1. The van der Waals surface area contributed by atoms with Gasteiger partial charge in [-0.2, -0.15) is 5.26 Å². The Morgan fingerprint density at radius 2 is 2.06 bits per heavy atom. The van der Waals surface area contributed by atoms with Crippen LogP contribution in [0.1, 0.15) is 38.2 Å². The van der Waals surface area contributed by atoms with Crippen molar-refractivity contribution in [3.63, 3.8) is 0 Å². The van der Waals surface area contributed by atoms with E-state index in [-0.39, 0.29) is 28.3 Å². The molecule has 0 radical (unpaired) electrons. The Balaban J connectivity index is 1.91. The average molecular weight is 464 g/mol. The maximum Gasteiger partial charge on any atom is 0.219 e. The second-order valence-electron chi connectivity index (χ2n) is 8.42. The largest absolute Gasteiger partial charge is 0.508 e. The summed E-state index contributed by atoms with van der Waals surface area (Å²) in [6.07, 6.45) is 6.31. The second kappa shape index (κ2) is 8.34. The van der Waals surface area contributed by atoms with Gasteiger partial charge in [-0.25, -0.2) is 0 Å². The second-order valence-corrected chi connectivity index (χ2v) is 10.6. The number of aromatic nitrogens is 2. The lowest BCUT2D eigenvalue weighted by atomic mass is 9.69. The molecule has 1 unspecified atom stereocenters. The molecule has 2 heterocycles. The number of hydrogen-bond acceptors (Lipinski definition) is 9. The number of terminal acetylenes is 1. The summed E-state index contributed by atoms with van der Waals surface area (Å²) in [5.41, 5.74) is 8.58. The molecular weight excluding hydrogens is 442 g/mol. The van der Waals surface area contributed by atoms with Crippen LogP contribution < -0.4 is 10.6 Å². The summed E-state index contributed by atoms with van der Waals surface area (Å²) in [6.45, 7) is 4.08. The molecule has 7 nitrogen and oxygen atoms in total. The summed E-state index contributed by atoms with van der Waals surface area (Å²) in [5.74, 6) is 2.75. The number of phenols is 1. The Kier molecular flexibility index (Phi) is 5.72. The number of rotatable bonds is 4. The van der Waals surface area contributed by atoms with Crippen molar-refractivity contribution in [2.75, 3.05) is 10.7 Å². The van der Waals surface area contributed by atoms with E-state index >= 15 is 0 Å². The van der Waals surface area contributed by atoms with E-state index in [1.807, 2.05) is 13.8 Å². The molecule has 32 heavy (non-hydrogen) atoms. The summed E-state index contributed by atoms with van der Waals surface area (Å²) < 4.78 is 0.688. The van der Waals surface area contributed by atoms with Crippen LogP contribution in [0.5, 0.6) is 5.75 Å². The van der Waals surface area contributed by atoms with Crippen molar-refractivity contribution in [1.29, 1.82) is 5.26 Å². The lowest BCUT2D eigenvalue weighted by Gasteiger charge is -2.42. The van der Waals surface area contributed by atoms with E-state index in [2.05, 4.69) is 22.2 Å². The molecule has 0 saturated carbocycles. The Labute approximate surface area is 194 Å². The summed E-state index contributed by atoms with van der Waals surface area (Å²) >= 11 is 2.72. The number of Topliss-reactive ketones (excluding diaryl/α,β-unsaturated/α-hetero) is 1. The molecular formula is C23H21N5O2S2. The predicted molar refractivity (Wildman–Crippen MR) is 125 cm³/mol. The average Bonchev–Trinajstić information content (AvgIpc) is 3.19. The van der Waals surface area contributed by atoms with Crippen molar-refractivity contribution in [2.24, 2.45) is 11.1 Å². The van der Waals surface area contributed by atoms with Crippen LogP contribution in [0.2, 0.25) is 0 Å². The number of aromatic hydroxyl groups is 1. The Morgan fingerprint density at radius 3 is 2.72 bits per heavy atom. The zero-order valence-electron chi connectivity index (χ0n) is 17.6. The highest BCUT2D eigenvalue weighted by Crippen LogP contribution is 2.50. The fourth-order valence-corrected chi connectivity index (χ4v) is 5.74. The van der Waals surface area contributed by atoms with E-state index in [0.717, 1.165) is 11.3 Å². The zero-order chi connectivity index (χ0) is 23.0. The first-order chi connectivity index (χ1) is 15.3. The minimum atomic E-state index is -0.598. The molecule has 9 heteroatoms. The normalized spacial score (nSPS) is 20.1. The van der Waals surface area contributed by atoms with Crippen molar-refractivity contribution in [3.8, 4) is 24.2 Å². The lowest BCUT2D eigenvalue weighted by molar-refractivity contribution is -0.118. The van der Waals surface area contributed by atoms with Gasteiger partial charge in [-0.1, -0.05) is 55.0 Å². The van der Waals surface area contributed by atoms with Crippen LogP contribution in [0.4, 0.5) is 5.13 Å². The maximum atomic E-state index is 13.4. The first-order valence-corrected chi connectivity index (χ1v) is 11.7. The molecule has 1 aliphatic carbocycles. The summed E-state index contributed by atoms with van der Waals surface area (Å²) in [4.78, 5) is 15.1. The van der Waals surface area contributed by atoms with Crippen molar-refractivity contribution >= 4 is 34.0 Å². The van der Waals surface area contributed by atoms with Gasteiger partial charge in [0, 0.05) is 17.7 Å². The molecule has 1 aromatic heterocycles. The number of thioether (sulfide) groups is 1. The van der Waals surface area contributed by atoms with Gasteiger partial charge in [-0.05, 0) is 29.5 Å². The molecule has 0 saturated heterocycles. The van der Waals surface area contributed by atoms with Crippen molar-refractivity contribution < 1.29 is 9.90 Å². The first kappa shape index (κ1) is 21.9.